The third-order valence-corrected chi connectivity index (χ3v) is 5.60. The second-order valence-corrected chi connectivity index (χ2v) is 6.77. The molecule has 0 amide bonds. The Bertz CT molecular complexity index is 426. The van der Waals surface area contributed by atoms with Gasteiger partial charge in [-0.3, -0.25) is 0 Å². The van der Waals surface area contributed by atoms with Gasteiger partial charge < -0.3 is 15.2 Å². The molecule has 2 N–H and O–H groups in total. The molecule has 1 rings (SSSR count). The molecule has 0 aromatic heterocycles. The van der Waals surface area contributed by atoms with Crippen molar-refractivity contribution < 1.29 is 14.3 Å². The molecule has 0 fully saturated rings. The van der Waals surface area contributed by atoms with Gasteiger partial charge in [0, 0.05) is 17.3 Å². The summed E-state index contributed by atoms with van der Waals surface area (Å²) in [5.74, 6) is -0.313. The van der Waals surface area contributed by atoms with Crippen LogP contribution in [0.2, 0.25) is 0 Å². The third kappa shape index (κ3) is 5.43. The Balaban J connectivity index is 2.56. The molecule has 0 aliphatic carbocycles. The predicted molar refractivity (Wildman–Crippen MR) is 94.7 cm³/mol. The maximum absolute atomic E-state index is 11.9. The van der Waals surface area contributed by atoms with E-state index < -0.39 is 0 Å². The van der Waals surface area contributed by atoms with E-state index in [0.717, 1.165) is 10.7 Å². The molecule has 0 aliphatic heterocycles. The number of esters is 1. The van der Waals surface area contributed by atoms with Crippen LogP contribution in [-0.4, -0.2) is 32.3 Å². The molecule has 0 bridgehead atoms. The Morgan fingerprint density at radius 3 is 2.56 bits per heavy atom. The molecule has 0 aliphatic rings. The molecule has 0 saturated carbocycles. The van der Waals surface area contributed by atoms with Gasteiger partial charge in [-0.1, -0.05) is 0 Å². The first-order chi connectivity index (χ1) is 8.56. The summed E-state index contributed by atoms with van der Waals surface area (Å²) < 4.78 is 13.3. The number of carbonyl (C=O) groups excluding carboxylic acids is 1. The number of rotatable bonds is 6. The highest BCUT2D eigenvalue weighted by Crippen LogP contribution is 2.23. The number of halogens is 3. The monoisotopic (exact) mass is 587 g/mol. The number of hydrogen-bond acceptors (Lipinski definition) is 4. The van der Waals surface area contributed by atoms with Crippen LogP contribution in [0, 0.1) is 10.7 Å². The van der Waals surface area contributed by atoms with Gasteiger partial charge in [0.05, 0.1) is 18.8 Å². The highest BCUT2D eigenvalue weighted by molar-refractivity contribution is 14.1. The van der Waals surface area contributed by atoms with E-state index in [-0.39, 0.29) is 12.6 Å². The Kier molecular flexibility index (Phi) is 8.30. The maximum Gasteiger partial charge on any atom is 0.339 e. The minimum Gasteiger partial charge on any atom is -0.460 e. The smallest absolute Gasteiger partial charge is 0.339 e. The van der Waals surface area contributed by atoms with E-state index in [9.17, 15) is 4.79 Å². The molecule has 0 atom stereocenters. The minimum atomic E-state index is -0.313. The average Bonchev–Trinajstić information content (AvgIpc) is 2.33. The first kappa shape index (κ1) is 16.9. The number of carbonyl (C=O) groups is 1. The number of benzene rings is 1. The van der Waals surface area contributed by atoms with Crippen LogP contribution < -0.4 is 5.73 Å². The second kappa shape index (κ2) is 8.87. The number of hydrogen-bond donors (Lipinski definition) is 1. The first-order valence-corrected chi connectivity index (χ1v) is 8.39. The second-order valence-electron chi connectivity index (χ2n) is 3.29. The van der Waals surface area contributed by atoms with Gasteiger partial charge in [0.1, 0.15) is 6.61 Å². The zero-order valence-electron chi connectivity index (χ0n) is 9.42. The summed E-state index contributed by atoms with van der Waals surface area (Å²) in [5.41, 5.74) is 5.88. The van der Waals surface area contributed by atoms with Crippen molar-refractivity contribution >= 4 is 73.7 Å². The summed E-state index contributed by atoms with van der Waals surface area (Å²) in [6, 6.07) is 3.84. The first-order valence-electron chi connectivity index (χ1n) is 5.15. The molecule has 0 saturated heterocycles. The summed E-state index contributed by atoms with van der Waals surface area (Å²) in [6.45, 7) is 1.58. The lowest BCUT2D eigenvalue weighted by molar-refractivity contribution is 0.0327. The van der Waals surface area contributed by atoms with Crippen molar-refractivity contribution in [3.63, 3.8) is 0 Å². The fourth-order valence-electron chi connectivity index (χ4n) is 1.16. The predicted octanol–water partition coefficient (Wildman–Crippen LogP) is 2.63. The van der Waals surface area contributed by atoms with E-state index in [0.29, 0.717) is 25.3 Å². The molecule has 7 heteroatoms. The maximum atomic E-state index is 11.9. The molecular formula is C11H12I3NO3. The zero-order valence-corrected chi connectivity index (χ0v) is 15.9. The van der Waals surface area contributed by atoms with E-state index in [1.165, 1.54) is 0 Å². The van der Waals surface area contributed by atoms with E-state index in [4.69, 9.17) is 15.2 Å². The molecular weight excluding hydrogens is 575 g/mol. The highest BCUT2D eigenvalue weighted by atomic mass is 127. The lowest BCUT2D eigenvalue weighted by atomic mass is 10.2. The Hall–Kier alpha value is 0.800. The SMILES string of the molecule is NCCOCCOC(=O)c1cc(I)cc(I)c1I. The zero-order chi connectivity index (χ0) is 13.5. The molecule has 100 valence electrons. The molecule has 0 heterocycles. The molecule has 0 spiro atoms. The van der Waals surface area contributed by atoms with Crippen LogP contribution in [0.15, 0.2) is 12.1 Å². The van der Waals surface area contributed by atoms with Gasteiger partial charge in [-0.05, 0) is 79.9 Å². The quantitative estimate of drug-likeness (QED) is 0.241. The lowest BCUT2D eigenvalue weighted by Crippen LogP contribution is -2.15. The minimum absolute atomic E-state index is 0.247. The van der Waals surface area contributed by atoms with E-state index in [1.807, 2.05) is 12.1 Å². The van der Waals surface area contributed by atoms with Crippen molar-refractivity contribution in [3.8, 4) is 0 Å². The van der Waals surface area contributed by atoms with E-state index >= 15 is 0 Å². The number of ether oxygens (including phenoxy) is 2. The van der Waals surface area contributed by atoms with Crippen LogP contribution in [0.1, 0.15) is 10.4 Å². The third-order valence-electron chi connectivity index (χ3n) is 1.94. The van der Waals surface area contributed by atoms with Crippen molar-refractivity contribution in [1.82, 2.24) is 0 Å². The average molecular weight is 587 g/mol. The fourth-order valence-corrected chi connectivity index (χ4v) is 3.54. The van der Waals surface area contributed by atoms with Crippen molar-refractivity contribution in [1.29, 1.82) is 0 Å². The Morgan fingerprint density at radius 2 is 1.89 bits per heavy atom. The normalized spacial score (nSPS) is 10.4. The topological polar surface area (TPSA) is 61.6 Å². The van der Waals surface area contributed by atoms with Crippen molar-refractivity contribution in [2.45, 2.75) is 0 Å². The van der Waals surface area contributed by atoms with E-state index in [2.05, 4.69) is 67.8 Å². The summed E-state index contributed by atoms with van der Waals surface area (Å²) in [7, 11) is 0. The van der Waals surface area contributed by atoms with Crippen molar-refractivity contribution in [2.24, 2.45) is 5.73 Å². The summed E-state index contributed by atoms with van der Waals surface area (Å²) >= 11 is 6.54. The van der Waals surface area contributed by atoms with Gasteiger partial charge in [-0.25, -0.2) is 4.79 Å². The van der Waals surface area contributed by atoms with Gasteiger partial charge in [0.25, 0.3) is 0 Å². The summed E-state index contributed by atoms with van der Waals surface area (Å²) in [4.78, 5) is 11.9. The molecule has 18 heavy (non-hydrogen) atoms. The van der Waals surface area contributed by atoms with Crippen LogP contribution in [0.5, 0.6) is 0 Å². The van der Waals surface area contributed by atoms with Gasteiger partial charge in [-0.15, -0.1) is 0 Å². The lowest BCUT2D eigenvalue weighted by Gasteiger charge is -2.08. The molecule has 1 aromatic rings. The molecule has 0 unspecified atom stereocenters. The highest BCUT2D eigenvalue weighted by Gasteiger charge is 2.14. The van der Waals surface area contributed by atoms with Crippen LogP contribution in [0.4, 0.5) is 0 Å². The van der Waals surface area contributed by atoms with Crippen LogP contribution in [-0.2, 0) is 9.47 Å². The Morgan fingerprint density at radius 1 is 1.17 bits per heavy atom. The van der Waals surface area contributed by atoms with Crippen LogP contribution in [0.25, 0.3) is 0 Å². The van der Waals surface area contributed by atoms with Gasteiger partial charge >= 0.3 is 5.97 Å². The van der Waals surface area contributed by atoms with Gasteiger partial charge in [0.2, 0.25) is 0 Å². The Labute approximate surface area is 147 Å². The molecule has 1 aromatic carbocycles. The van der Waals surface area contributed by atoms with E-state index in [1.54, 1.807) is 0 Å². The van der Waals surface area contributed by atoms with Gasteiger partial charge in [-0.2, -0.15) is 0 Å². The van der Waals surface area contributed by atoms with Crippen LogP contribution in [0.3, 0.4) is 0 Å². The molecule has 4 nitrogen and oxygen atoms in total. The summed E-state index contributed by atoms with van der Waals surface area (Å²) in [6.07, 6.45) is 0. The molecule has 0 radical (unpaired) electrons. The van der Waals surface area contributed by atoms with Crippen molar-refractivity contribution in [3.05, 3.63) is 28.4 Å². The fraction of sp³-hybridized carbons (Fsp3) is 0.364. The van der Waals surface area contributed by atoms with Crippen molar-refractivity contribution in [2.75, 3.05) is 26.4 Å². The largest absolute Gasteiger partial charge is 0.460 e. The summed E-state index contributed by atoms with van der Waals surface area (Å²) in [5, 5.41) is 0. The van der Waals surface area contributed by atoms with Gasteiger partial charge in [0.15, 0.2) is 0 Å². The standard InChI is InChI=1S/C11H12I3NO3/c12-7-5-8(10(14)9(13)6-7)11(16)18-4-3-17-2-1-15/h5-6H,1-4,15H2. The number of nitrogens with two attached hydrogens (primary N) is 1. The van der Waals surface area contributed by atoms with Crippen LogP contribution >= 0.6 is 67.8 Å².